The first-order chi connectivity index (χ1) is 15.9. The number of amides is 1. The number of hydrogen-bond acceptors (Lipinski definition) is 4. The average Bonchev–Trinajstić information content (AvgIpc) is 2.78. The number of nitrogens with one attached hydrogen (secondary N) is 2. The fourth-order valence-corrected chi connectivity index (χ4v) is 3.63. The molecule has 1 amide bonds. The van der Waals surface area contributed by atoms with Gasteiger partial charge in [0.25, 0.3) is 0 Å². The first-order valence-corrected chi connectivity index (χ1v) is 11.4. The predicted molar refractivity (Wildman–Crippen MR) is 118 cm³/mol. The zero-order chi connectivity index (χ0) is 25.5. The molecule has 34 heavy (non-hydrogen) atoms. The molecule has 0 heterocycles. The molecule has 184 valence electrons. The number of hydrogen-bond donors (Lipinski definition) is 2. The van der Waals surface area contributed by atoms with Crippen LogP contribution < -0.4 is 10.6 Å². The Labute approximate surface area is 197 Å². The van der Waals surface area contributed by atoms with Crippen LogP contribution in [-0.2, 0) is 4.79 Å². The topological polar surface area (TPSA) is 64.9 Å². The van der Waals surface area contributed by atoms with E-state index >= 15 is 0 Å². The second kappa shape index (κ2) is 11.6. The second-order valence-corrected chi connectivity index (χ2v) is 8.48. The number of carbonyl (C=O) groups is 1. The normalized spacial score (nSPS) is 14.7. The minimum absolute atomic E-state index is 0.255. The number of alkyl halides is 6. The lowest BCUT2D eigenvalue weighted by Crippen LogP contribution is -2.50. The maximum Gasteiger partial charge on any atom is 0.407 e. The molecule has 11 heteroatoms. The number of nitrogens with zero attached hydrogens (tertiary/aromatic N) is 1. The highest BCUT2D eigenvalue weighted by Gasteiger charge is 2.45. The molecule has 0 aliphatic heterocycles. The molecule has 4 nitrogen and oxygen atoms in total. The number of thioether (sulfide) groups is 1. The van der Waals surface area contributed by atoms with Crippen LogP contribution in [-0.4, -0.2) is 37.1 Å². The van der Waals surface area contributed by atoms with Gasteiger partial charge in [-0.1, -0.05) is 43.3 Å². The Kier molecular flexibility index (Phi) is 9.41. The summed E-state index contributed by atoms with van der Waals surface area (Å²) < 4.78 is 80.8. The molecule has 0 aliphatic rings. The third kappa shape index (κ3) is 7.67. The molecular weight excluding hydrogens is 480 g/mol. The van der Waals surface area contributed by atoms with Crippen LogP contribution in [0.25, 0.3) is 11.1 Å². The van der Waals surface area contributed by atoms with E-state index in [2.05, 4.69) is 0 Å². The van der Waals surface area contributed by atoms with Crippen molar-refractivity contribution in [3.63, 3.8) is 0 Å². The van der Waals surface area contributed by atoms with Crippen molar-refractivity contribution in [3.05, 3.63) is 54.1 Å². The van der Waals surface area contributed by atoms with E-state index in [9.17, 15) is 31.1 Å². The molecule has 2 aromatic rings. The Balaban J connectivity index is 2.32. The second-order valence-electron chi connectivity index (χ2n) is 7.60. The lowest BCUT2D eigenvalue weighted by atomic mass is 9.96. The molecule has 2 N–H and O–H groups in total. The Bertz CT molecular complexity index is 984. The number of rotatable bonds is 9. The quantitative estimate of drug-likeness (QED) is 0.255. The van der Waals surface area contributed by atoms with Crippen molar-refractivity contribution in [2.75, 3.05) is 12.8 Å². The van der Waals surface area contributed by atoms with Crippen molar-refractivity contribution in [2.45, 2.75) is 42.7 Å². The fraction of sp³-hybridized carbons (Fsp3) is 0.391. The van der Waals surface area contributed by atoms with Gasteiger partial charge >= 0.3 is 12.4 Å². The Hall–Kier alpha value is -2.71. The lowest BCUT2D eigenvalue weighted by Gasteiger charge is -2.29. The van der Waals surface area contributed by atoms with Crippen molar-refractivity contribution in [1.82, 2.24) is 10.6 Å². The van der Waals surface area contributed by atoms with E-state index in [1.165, 1.54) is 24.3 Å². The van der Waals surface area contributed by atoms with E-state index in [0.717, 1.165) is 17.4 Å². The molecule has 0 radical (unpaired) electrons. The van der Waals surface area contributed by atoms with Gasteiger partial charge in [0.05, 0.1) is 18.0 Å². The monoisotopic (exact) mass is 503 g/mol. The third-order valence-electron chi connectivity index (χ3n) is 5.17. The van der Waals surface area contributed by atoms with Gasteiger partial charge in [-0.15, -0.1) is 11.8 Å². The third-order valence-corrected chi connectivity index (χ3v) is 5.91. The average molecular weight is 504 g/mol. The summed E-state index contributed by atoms with van der Waals surface area (Å²) in [6.45, 7) is 0.240. The van der Waals surface area contributed by atoms with E-state index in [1.54, 1.807) is 17.8 Å². The van der Waals surface area contributed by atoms with Gasteiger partial charge in [-0.25, -0.2) is 0 Å². The van der Waals surface area contributed by atoms with Crippen molar-refractivity contribution in [1.29, 1.82) is 5.26 Å². The summed E-state index contributed by atoms with van der Waals surface area (Å²) in [7, 11) is 0. The van der Waals surface area contributed by atoms with Crippen molar-refractivity contribution in [2.24, 2.45) is 5.92 Å². The van der Waals surface area contributed by atoms with Crippen LogP contribution in [0.2, 0.25) is 0 Å². The summed E-state index contributed by atoms with van der Waals surface area (Å²) in [4.78, 5) is 13.3. The largest absolute Gasteiger partial charge is 0.407 e. The molecular formula is C23H23F6N3OS. The maximum absolute atomic E-state index is 13.9. The van der Waals surface area contributed by atoms with Crippen LogP contribution >= 0.6 is 11.8 Å². The first-order valence-electron chi connectivity index (χ1n) is 10.1. The molecule has 0 spiro atoms. The van der Waals surface area contributed by atoms with Gasteiger partial charge in [0.1, 0.15) is 12.6 Å². The summed E-state index contributed by atoms with van der Waals surface area (Å²) in [5.74, 6) is -3.16. The first kappa shape index (κ1) is 27.5. The zero-order valence-corrected chi connectivity index (χ0v) is 19.1. The fourth-order valence-electron chi connectivity index (χ4n) is 3.22. The van der Waals surface area contributed by atoms with Crippen molar-refractivity contribution in [3.8, 4) is 17.2 Å². The van der Waals surface area contributed by atoms with Gasteiger partial charge in [0.2, 0.25) is 5.91 Å². The molecule has 0 aliphatic carbocycles. The van der Waals surface area contributed by atoms with Gasteiger partial charge in [-0.2, -0.15) is 31.6 Å². The minimum atomic E-state index is -4.89. The van der Waals surface area contributed by atoms with Gasteiger partial charge in [0, 0.05) is 4.90 Å². The number of halogens is 6. The van der Waals surface area contributed by atoms with Crippen LogP contribution in [0.5, 0.6) is 0 Å². The Morgan fingerprint density at radius 3 is 1.94 bits per heavy atom. The van der Waals surface area contributed by atoms with E-state index in [1.807, 2.05) is 41.2 Å². The number of nitriles is 1. The van der Waals surface area contributed by atoms with E-state index in [4.69, 9.17) is 5.26 Å². The van der Waals surface area contributed by atoms with Crippen molar-refractivity contribution < 1.29 is 31.1 Å². The van der Waals surface area contributed by atoms with E-state index in [-0.39, 0.29) is 5.56 Å². The summed E-state index contributed by atoms with van der Waals surface area (Å²) in [5, 5.41) is 12.7. The number of carbonyl (C=O) groups excluding carboxylic acids is 1. The van der Waals surface area contributed by atoms with Gasteiger partial charge in [-0.3, -0.25) is 10.1 Å². The highest BCUT2D eigenvalue weighted by Crippen LogP contribution is 2.36. The summed E-state index contributed by atoms with van der Waals surface area (Å²) in [6.07, 6.45) is -8.60. The Morgan fingerprint density at radius 2 is 1.50 bits per heavy atom. The zero-order valence-electron chi connectivity index (χ0n) is 18.3. The Morgan fingerprint density at radius 1 is 0.971 bits per heavy atom. The SMILES string of the molecule is CSc1ccc(-c2ccc([C@H](N[C@@H](C[C@H](C)C(F)(F)F)C(=O)NCC#N)C(F)(F)F)cc2)cc1. The predicted octanol–water partition coefficient (Wildman–Crippen LogP) is 5.87. The summed E-state index contributed by atoms with van der Waals surface area (Å²) in [6, 6.07) is 10.2. The molecule has 0 saturated heterocycles. The maximum atomic E-state index is 13.9. The standard InChI is InChI=1S/C23H23F6N3OS/c1-14(22(24,25)26)13-19(21(33)31-12-11-30)32-20(23(27,28)29)17-5-3-15(4-6-17)16-7-9-18(34-2)10-8-16/h3-10,14,19-20,32H,12-13H2,1-2H3,(H,31,33)/t14-,19-,20-/m0/s1. The van der Waals surface area contributed by atoms with Crippen LogP contribution in [0, 0.1) is 17.2 Å². The van der Waals surface area contributed by atoms with Gasteiger partial charge < -0.3 is 5.32 Å². The smallest absolute Gasteiger partial charge is 0.342 e. The molecule has 3 atom stereocenters. The summed E-state index contributed by atoms with van der Waals surface area (Å²) in [5.41, 5.74) is 1.19. The molecule has 0 fully saturated rings. The molecule has 2 aromatic carbocycles. The van der Waals surface area contributed by atoms with Crippen LogP contribution in [0.1, 0.15) is 24.9 Å². The van der Waals surface area contributed by atoms with Crippen LogP contribution in [0.3, 0.4) is 0 Å². The summed E-state index contributed by atoms with van der Waals surface area (Å²) >= 11 is 1.55. The van der Waals surface area contributed by atoms with Crippen LogP contribution in [0.4, 0.5) is 26.3 Å². The highest BCUT2D eigenvalue weighted by atomic mass is 32.2. The minimum Gasteiger partial charge on any atom is -0.342 e. The molecule has 0 bridgehead atoms. The van der Waals surface area contributed by atoms with E-state index in [0.29, 0.717) is 5.56 Å². The number of benzene rings is 2. The van der Waals surface area contributed by atoms with Gasteiger partial charge in [-0.05, 0) is 41.5 Å². The van der Waals surface area contributed by atoms with E-state index < -0.39 is 49.2 Å². The molecule has 0 unspecified atom stereocenters. The highest BCUT2D eigenvalue weighted by molar-refractivity contribution is 7.98. The molecule has 2 rings (SSSR count). The van der Waals surface area contributed by atoms with Crippen LogP contribution in [0.15, 0.2) is 53.4 Å². The van der Waals surface area contributed by atoms with Gasteiger partial charge in [0.15, 0.2) is 0 Å². The molecule has 0 saturated carbocycles. The molecule has 0 aromatic heterocycles. The van der Waals surface area contributed by atoms with Crippen molar-refractivity contribution >= 4 is 17.7 Å². The lowest BCUT2D eigenvalue weighted by molar-refractivity contribution is -0.177.